The van der Waals surface area contributed by atoms with E-state index >= 15 is 0 Å². The highest BCUT2D eigenvalue weighted by Gasteiger charge is 2.31. The molecule has 3 aromatic rings. The fourth-order valence-corrected chi connectivity index (χ4v) is 4.35. The Morgan fingerprint density at radius 2 is 1.71 bits per heavy atom. The predicted molar refractivity (Wildman–Crippen MR) is 115 cm³/mol. The Morgan fingerprint density at radius 1 is 1.03 bits per heavy atom. The van der Waals surface area contributed by atoms with Crippen molar-refractivity contribution >= 4 is 22.8 Å². The molecule has 4 rings (SSSR count). The Bertz CT molecular complexity index is 1200. The average molecular weight is 478 g/mol. The first-order valence-electron chi connectivity index (χ1n) is 10.8. The van der Waals surface area contributed by atoms with Crippen LogP contribution < -0.4 is 10.1 Å². The van der Waals surface area contributed by atoms with Crippen LogP contribution in [0, 0.1) is 11.7 Å². The summed E-state index contributed by atoms with van der Waals surface area (Å²) in [6.07, 6.45) is -1.14. The van der Waals surface area contributed by atoms with E-state index in [1.54, 1.807) is 16.8 Å². The van der Waals surface area contributed by atoms with Crippen molar-refractivity contribution in [1.82, 2.24) is 9.88 Å². The molecule has 1 aliphatic carbocycles. The largest absolute Gasteiger partial charge is 0.573 e. The molecule has 0 saturated heterocycles. The number of carbonyl (C=O) groups is 2. The highest BCUT2D eigenvalue weighted by atomic mass is 19.4. The average Bonchev–Trinajstić information content (AvgIpc) is 3.19. The van der Waals surface area contributed by atoms with Gasteiger partial charge in [0.15, 0.2) is 0 Å². The molecule has 0 aliphatic heterocycles. The van der Waals surface area contributed by atoms with E-state index in [9.17, 15) is 27.2 Å². The number of carboxylic acids is 1. The van der Waals surface area contributed by atoms with Crippen molar-refractivity contribution in [2.75, 3.05) is 0 Å². The van der Waals surface area contributed by atoms with Gasteiger partial charge in [0.2, 0.25) is 0 Å². The molecule has 0 radical (unpaired) electrons. The molecule has 1 heterocycles. The third-order valence-electron chi connectivity index (χ3n) is 6.04. The van der Waals surface area contributed by atoms with Gasteiger partial charge in [-0.1, -0.05) is 12.1 Å². The van der Waals surface area contributed by atoms with Crippen LogP contribution in [-0.4, -0.2) is 34.0 Å². The van der Waals surface area contributed by atoms with E-state index < -0.39 is 30.0 Å². The van der Waals surface area contributed by atoms with Crippen molar-refractivity contribution in [3.8, 4) is 5.75 Å². The van der Waals surface area contributed by atoms with Gasteiger partial charge in [-0.2, -0.15) is 0 Å². The van der Waals surface area contributed by atoms with Crippen LogP contribution in [-0.2, 0) is 11.3 Å². The van der Waals surface area contributed by atoms with E-state index in [1.807, 2.05) is 0 Å². The van der Waals surface area contributed by atoms with Crippen LogP contribution in [0.15, 0.2) is 48.7 Å². The third kappa shape index (κ3) is 5.32. The number of ether oxygens (including phenoxy) is 1. The van der Waals surface area contributed by atoms with Gasteiger partial charge in [-0.3, -0.25) is 9.59 Å². The normalized spacial score (nSPS) is 18.6. The summed E-state index contributed by atoms with van der Waals surface area (Å²) in [6.45, 7) is 0.198. The van der Waals surface area contributed by atoms with E-state index in [2.05, 4.69) is 10.1 Å². The van der Waals surface area contributed by atoms with Crippen LogP contribution in [0.1, 0.15) is 41.6 Å². The molecule has 6 nitrogen and oxygen atoms in total. The minimum absolute atomic E-state index is 0.173. The van der Waals surface area contributed by atoms with Gasteiger partial charge >= 0.3 is 12.3 Å². The fraction of sp³-hybridized carbons (Fsp3) is 0.333. The lowest BCUT2D eigenvalue weighted by molar-refractivity contribution is -0.274. The molecule has 180 valence electrons. The number of aromatic nitrogens is 1. The van der Waals surface area contributed by atoms with Gasteiger partial charge < -0.3 is 19.7 Å². The number of halogens is 4. The maximum Gasteiger partial charge on any atom is 0.573 e. The van der Waals surface area contributed by atoms with Crippen LogP contribution in [0.4, 0.5) is 17.6 Å². The molecule has 2 N–H and O–H groups in total. The molecule has 0 bridgehead atoms. The number of alkyl halides is 3. The molecule has 34 heavy (non-hydrogen) atoms. The number of hydrogen-bond donors (Lipinski definition) is 2. The number of nitrogens with one attached hydrogen (secondary N) is 1. The summed E-state index contributed by atoms with van der Waals surface area (Å²) in [5, 5.41) is 12.3. The van der Waals surface area contributed by atoms with E-state index in [4.69, 9.17) is 5.11 Å². The molecule has 10 heteroatoms. The number of amides is 1. The van der Waals surface area contributed by atoms with Crippen LogP contribution in [0.3, 0.4) is 0 Å². The van der Waals surface area contributed by atoms with E-state index in [0.29, 0.717) is 36.8 Å². The summed E-state index contributed by atoms with van der Waals surface area (Å²) >= 11 is 0. The molecule has 2 aromatic carbocycles. The Labute approximate surface area is 192 Å². The third-order valence-corrected chi connectivity index (χ3v) is 6.04. The van der Waals surface area contributed by atoms with Crippen LogP contribution in [0.25, 0.3) is 10.9 Å². The highest BCUT2D eigenvalue weighted by molar-refractivity contribution is 6.06. The van der Waals surface area contributed by atoms with E-state index in [0.717, 1.165) is 0 Å². The maximum atomic E-state index is 14.4. The molecular formula is C24H22F4N2O4. The molecule has 1 aliphatic rings. The van der Waals surface area contributed by atoms with Gasteiger partial charge in [-0.15, -0.1) is 13.2 Å². The molecule has 0 spiro atoms. The Hall–Kier alpha value is -3.56. The number of rotatable bonds is 6. The second-order valence-corrected chi connectivity index (χ2v) is 8.35. The Kier molecular flexibility index (Phi) is 6.49. The first kappa shape index (κ1) is 23.6. The molecule has 0 unspecified atom stereocenters. The lowest BCUT2D eigenvalue weighted by atomic mass is 9.86. The predicted octanol–water partition coefficient (Wildman–Crippen LogP) is 5.10. The van der Waals surface area contributed by atoms with Gasteiger partial charge in [0.05, 0.1) is 17.0 Å². The van der Waals surface area contributed by atoms with Crippen molar-refractivity contribution in [2.45, 2.75) is 44.6 Å². The van der Waals surface area contributed by atoms with Crippen LogP contribution in [0.5, 0.6) is 5.75 Å². The summed E-state index contributed by atoms with van der Waals surface area (Å²) < 4.78 is 57.1. The van der Waals surface area contributed by atoms with Gasteiger partial charge in [-0.25, -0.2) is 4.39 Å². The Balaban J connectivity index is 1.54. The van der Waals surface area contributed by atoms with Crippen molar-refractivity contribution in [2.24, 2.45) is 5.92 Å². The quantitative estimate of drug-likeness (QED) is 0.483. The standard InChI is InChI=1S/C24H22F4N2O4/c25-20-10-9-19(22(31)29-16-5-3-15(4-6-16)23(32)33)21-18(20)11-12-30(21)13-14-1-7-17(8-2-14)34-24(26,27)28/h1-2,7-12,15-16H,3-6,13H2,(H,29,31)(H,32,33). The minimum atomic E-state index is -4.79. The number of fused-ring (bicyclic) bond motifs is 1. The van der Waals surface area contributed by atoms with Crippen LogP contribution in [0.2, 0.25) is 0 Å². The number of carbonyl (C=O) groups excluding carboxylic acids is 1. The SMILES string of the molecule is O=C(NC1CCC(C(=O)O)CC1)c1ccc(F)c2ccn(Cc3ccc(OC(F)(F)F)cc3)c12. The molecule has 1 aromatic heterocycles. The molecule has 1 amide bonds. The summed E-state index contributed by atoms with van der Waals surface area (Å²) in [5.74, 6) is -2.48. The molecule has 1 fully saturated rings. The van der Waals surface area contributed by atoms with E-state index in [-0.39, 0.29) is 29.3 Å². The first-order valence-corrected chi connectivity index (χ1v) is 10.8. The topological polar surface area (TPSA) is 80.6 Å². The minimum Gasteiger partial charge on any atom is -0.481 e. The number of hydrogen-bond acceptors (Lipinski definition) is 3. The van der Waals surface area contributed by atoms with Crippen molar-refractivity contribution < 1.29 is 37.0 Å². The first-order chi connectivity index (χ1) is 16.1. The second-order valence-electron chi connectivity index (χ2n) is 8.35. The number of benzene rings is 2. The highest BCUT2D eigenvalue weighted by Crippen LogP contribution is 2.28. The van der Waals surface area contributed by atoms with E-state index in [1.165, 1.54) is 36.4 Å². The zero-order valence-corrected chi connectivity index (χ0v) is 17.9. The number of aliphatic carboxylic acids is 1. The monoisotopic (exact) mass is 478 g/mol. The maximum absolute atomic E-state index is 14.4. The second kappa shape index (κ2) is 9.36. The lowest BCUT2D eigenvalue weighted by Gasteiger charge is -2.27. The smallest absolute Gasteiger partial charge is 0.481 e. The Morgan fingerprint density at radius 3 is 2.32 bits per heavy atom. The molecule has 0 atom stereocenters. The molecule has 1 saturated carbocycles. The van der Waals surface area contributed by atoms with Crippen molar-refractivity contribution in [3.05, 3.63) is 65.6 Å². The molecular weight excluding hydrogens is 456 g/mol. The summed E-state index contributed by atoms with van der Waals surface area (Å²) in [4.78, 5) is 24.2. The van der Waals surface area contributed by atoms with Gasteiger partial charge in [0, 0.05) is 24.2 Å². The zero-order valence-electron chi connectivity index (χ0n) is 17.9. The van der Waals surface area contributed by atoms with Gasteiger partial charge in [0.1, 0.15) is 11.6 Å². The van der Waals surface area contributed by atoms with Crippen molar-refractivity contribution in [1.29, 1.82) is 0 Å². The summed E-state index contributed by atoms with van der Waals surface area (Å²) in [6, 6.07) is 9.29. The van der Waals surface area contributed by atoms with Gasteiger partial charge in [0.25, 0.3) is 5.91 Å². The fourth-order valence-electron chi connectivity index (χ4n) is 4.35. The van der Waals surface area contributed by atoms with Gasteiger partial charge in [-0.05, 0) is 61.6 Å². The zero-order chi connectivity index (χ0) is 24.5. The number of nitrogens with zero attached hydrogens (tertiary/aromatic N) is 1. The summed E-state index contributed by atoms with van der Waals surface area (Å²) in [7, 11) is 0. The summed E-state index contributed by atoms with van der Waals surface area (Å²) in [5.41, 5.74) is 1.26. The lowest BCUT2D eigenvalue weighted by Crippen LogP contribution is -2.38. The van der Waals surface area contributed by atoms with Crippen molar-refractivity contribution in [3.63, 3.8) is 0 Å². The number of carboxylic acid groups (broad SMARTS) is 1. The van der Waals surface area contributed by atoms with Crippen LogP contribution >= 0.6 is 0 Å².